The van der Waals surface area contributed by atoms with Gasteiger partial charge in [0, 0.05) is 23.4 Å². The molecular formula is C16H18N2O3. The van der Waals surface area contributed by atoms with Crippen LogP contribution in [-0.2, 0) is 0 Å². The van der Waals surface area contributed by atoms with Gasteiger partial charge in [-0.25, -0.2) is 0 Å². The van der Waals surface area contributed by atoms with Crippen LogP contribution in [0.2, 0.25) is 0 Å². The molecule has 2 rings (SSSR count). The van der Waals surface area contributed by atoms with Crippen molar-refractivity contribution in [2.24, 2.45) is 0 Å². The van der Waals surface area contributed by atoms with Crippen molar-refractivity contribution in [3.63, 3.8) is 0 Å². The predicted molar refractivity (Wildman–Crippen MR) is 81.6 cm³/mol. The monoisotopic (exact) mass is 286 g/mol. The minimum atomic E-state index is -0.393. The molecule has 1 amide bonds. The van der Waals surface area contributed by atoms with E-state index in [0.29, 0.717) is 5.69 Å². The molecule has 110 valence electrons. The third-order valence-electron chi connectivity index (χ3n) is 3.24. The molecule has 0 aliphatic carbocycles. The van der Waals surface area contributed by atoms with Crippen LogP contribution in [0.25, 0.3) is 0 Å². The Morgan fingerprint density at radius 1 is 1.10 bits per heavy atom. The van der Waals surface area contributed by atoms with Crippen LogP contribution in [0.3, 0.4) is 0 Å². The van der Waals surface area contributed by atoms with Gasteiger partial charge in [-0.2, -0.15) is 0 Å². The number of hydrogen-bond donors (Lipinski definition) is 4. The number of hydrogen-bond acceptors (Lipinski definition) is 4. The van der Waals surface area contributed by atoms with Crippen molar-refractivity contribution in [3.05, 3.63) is 53.6 Å². The number of anilines is 1. The molecule has 0 saturated heterocycles. The molecule has 2 aromatic carbocycles. The Morgan fingerprint density at radius 3 is 2.38 bits per heavy atom. The molecule has 0 radical (unpaired) electrons. The molecule has 0 bridgehead atoms. The number of phenols is 2. The summed E-state index contributed by atoms with van der Waals surface area (Å²) >= 11 is 0. The van der Waals surface area contributed by atoms with Crippen LogP contribution >= 0.6 is 0 Å². The lowest BCUT2D eigenvalue weighted by molar-refractivity contribution is 0.102. The van der Waals surface area contributed by atoms with Gasteiger partial charge >= 0.3 is 0 Å². The Hall–Kier alpha value is -2.53. The molecule has 0 heterocycles. The maximum absolute atomic E-state index is 12.1. The van der Waals surface area contributed by atoms with Crippen LogP contribution in [0.5, 0.6) is 11.5 Å². The van der Waals surface area contributed by atoms with Crippen LogP contribution in [0, 0.1) is 0 Å². The summed E-state index contributed by atoms with van der Waals surface area (Å²) in [6, 6.07) is 11.4. The minimum Gasteiger partial charge on any atom is -0.508 e. The molecule has 5 heteroatoms. The average molecular weight is 286 g/mol. The molecule has 0 fully saturated rings. The van der Waals surface area contributed by atoms with E-state index in [1.807, 2.05) is 32.2 Å². The molecule has 2 aromatic rings. The van der Waals surface area contributed by atoms with E-state index in [4.69, 9.17) is 0 Å². The Morgan fingerprint density at radius 2 is 1.76 bits per heavy atom. The van der Waals surface area contributed by atoms with Crippen molar-refractivity contribution >= 4 is 11.6 Å². The van der Waals surface area contributed by atoms with Crippen LogP contribution in [0.4, 0.5) is 5.69 Å². The van der Waals surface area contributed by atoms with Gasteiger partial charge in [-0.3, -0.25) is 4.79 Å². The predicted octanol–water partition coefficient (Wildman–Crippen LogP) is 2.63. The van der Waals surface area contributed by atoms with Crippen molar-refractivity contribution in [2.45, 2.75) is 13.0 Å². The van der Waals surface area contributed by atoms with Gasteiger partial charge in [0.1, 0.15) is 11.5 Å². The maximum atomic E-state index is 12.1. The van der Waals surface area contributed by atoms with Crippen LogP contribution in [0.15, 0.2) is 42.5 Å². The van der Waals surface area contributed by atoms with E-state index in [2.05, 4.69) is 10.6 Å². The van der Waals surface area contributed by atoms with Gasteiger partial charge in [0.05, 0.1) is 0 Å². The second-order valence-corrected chi connectivity index (χ2v) is 4.83. The number of nitrogens with one attached hydrogen (secondary N) is 2. The summed E-state index contributed by atoms with van der Waals surface area (Å²) in [6.07, 6.45) is 0. The fraction of sp³-hybridized carbons (Fsp3) is 0.188. The van der Waals surface area contributed by atoms with Crippen molar-refractivity contribution in [1.29, 1.82) is 0 Å². The number of phenolic OH excluding ortho intramolecular Hbond substituents is 2. The Balaban J connectivity index is 2.19. The second kappa shape index (κ2) is 6.28. The molecule has 21 heavy (non-hydrogen) atoms. The molecule has 1 atom stereocenters. The highest BCUT2D eigenvalue weighted by Gasteiger charge is 2.10. The summed E-state index contributed by atoms with van der Waals surface area (Å²) in [5.74, 6) is -0.703. The van der Waals surface area contributed by atoms with Gasteiger partial charge in [-0.05, 0) is 43.8 Å². The summed E-state index contributed by atoms with van der Waals surface area (Å²) in [6.45, 7) is 2.02. The second-order valence-electron chi connectivity index (χ2n) is 4.83. The third-order valence-corrected chi connectivity index (χ3v) is 3.24. The summed E-state index contributed by atoms with van der Waals surface area (Å²) in [4.78, 5) is 12.1. The highest BCUT2D eigenvalue weighted by Crippen LogP contribution is 2.22. The topological polar surface area (TPSA) is 81.6 Å². The van der Waals surface area contributed by atoms with Gasteiger partial charge < -0.3 is 20.8 Å². The average Bonchev–Trinajstić information content (AvgIpc) is 2.45. The lowest BCUT2D eigenvalue weighted by Crippen LogP contribution is -2.14. The number of benzene rings is 2. The summed E-state index contributed by atoms with van der Waals surface area (Å²) in [7, 11) is 1.87. The molecule has 0 aliphatic rings. The van der Waals surface area contributed by atoms with Crippen molar-refractivity contribution in [3.8, 4) is 11.5 Å². The maximum Gasteiger partial charge on any atom is 0.255 e. The SMILES string of the molecule is CNC(C)c1cccc(NC(=O)c2cc(O)cc(O)c2)c1. The quantitative estimate of drug-likeness (QED) is 0.696. The highest BCUT2D eigenvalue weighted by molar-refractivity contribution is 6.04. The van der Waals surface area contributed by atoms with Crippen LogP contribution in [-0.4, -0.2) is 23.2 Å². The fourth-order valence-corrected chi connectivity index (χ4v) is 1.98. The number of carbonyl (C=O) groups excluding carboxylic acids is 1. The number of carbonyl (C=O) groups is 1. The van der Waals surface area contributed by atoms with Gasteiger partial charge in [0.15, 0.2) is 0 Å². The van der Waals surface area contributed by atoms with Gasteiger partial charge in [-0.1, -0.05) is 12.1 Å². The lowest BCUT2D eigenvalue weighted by Gasteiger charge is -2.12. The molecule has 4 N–H and O–H groups in total. The third kappa shape index (κ3) is 3.73. The largest absolute Gasteiger partial charge is 0.508 e. The minimum absolute atomic E-state index is 0.155. The van der Waals surface area contributed by atoms with Crippen molar-refractivity contribution < 1.29 is 15.0 Å². The fourth-order valence-electron chi connectivity index (χ4n) is 1.98. The Bertz CT molecular complexity index is 635. The zero-order valence-corrected chi connectivity index (χ0v) is 11.9. The number of rotatable bonds is 4. The molecule has 0 saturated carbocycles. The van der Waals surface area contributed by atoms with E-state index in [1.165, 1.54) is 18.2 Å². The first-order chi connectivity index (χ1) is 9.99. The van der Waals surface area contributed by atoms with E-state index in [1.54, 1.807) is 6.07 Å². The zero-order chi connectivity index (χ0) is 15.4. The van der Waals surface area contributed by atoms with Gasteiger partial charge in [0.25, 0.3) is 5.91 Å². The highest BCUT2D eigenvalue weighted by atomic mass is 16.3. The summed E-state index contributed by atoms with van der Waals surface area (Å²) in [5.41, 5.74) is 1.90. The van der Waals surface area contributed by atoms with Crippen LogP contribution < -0.4 is 10.6 Å². The van der Waals surface area contributed by atoms with Crippen LogP contribution in [0.1, 0.15) is 28.9 Å². The Kier molecular flexibility index (Phi) is 4.45. The Labute approximate surface area is 123 Å². The lowest BCUT2D eigenvalue weighted by atomic mass is 10.1. The summed E-state index contributed by atoms with van der Waals surface area (Å²) < 4.78 is 0. The zero-order valence-electron chi connectivity index (χ0n) is 11.9. The first kappa shape index (κ1) is 14.9. The van der Waals surface area contributed by atoms with E-state index < -0.39 is 5.91 Å². The number of amides is 1. The van der Waals surface area contributed by atoms with E-state index in [9.17, 15) is 15.0 Å². The molecule has 0 spiro atoms. The van der Waals surface area contributed by atoms with Crippen molar-refractivity contribution in [2.75, 3.05) is 12.4 Å². The van der Waals surface area contributed by atoms with Gasteiger partial charge in [0.2, 0.25) is 0 Å². The standard InChI is InChI=1S/C16H18N2O3/c1-10(17-2)11-4-3-5-13(6-11)18-16(21)12-7-14(19)9-15(20)8-12/h3-10,17,19-20H,1-2H3,(H,18,21). The molecule has 1 unspecified atom stereocenters. The smallest absolute Gasteiger partial charge is 0.255 e. The first-order valence-corrected chi connectivity index (χ1v) is 6.61. The molecule has 0 aliphatic heterocycles. The van der Waals surface area contributed by atoms with Gasteiger partial charge in [-0.15, -0.1) is 0 Å². The van der Waals surface area contributed by atoms with E-state index in [0.717, 1.165) is 5.56 Å². The molecule has 0 aromatic heterocycles. The molecule has 5 nitrogen and oxygen atoms in total. The first-order valence-electron chi connectivity index (χ1n) is 6.61. The van der Waals surface area contributed by atoms with E-state index in [-0.39, 0.29) is 23.1 Å². The summed E-state index contributed by atoms with van der Waals surface area (Å²) in [5, 5.41) is 24.7. The number of aromatic hydroxyl groups is 2. The van der Waals surface area contributed by atoms with Crippen molar-refractivity contribution in [1.82, 2.24) is 5.32 Å². The molecular weight excluding hydrogens is 268 g/mol. The normalized spacial score (nSPS) is 11.9. The van der Waals surface area contributed by atoms with E-state index >= 15 is 0 Å².